The number of aromatic carboxylic acids is 1. The predicted molar refractivity (Wildman–Crippen MR) is 136 cm³/mol. The van der Waals surface area contributed by atoms with Crippen LogP contribution in [0.15, 0.2) is 29.1 Å². The number of aromatic hydroxyl groups is 1. The molecule has 1 aliphatic heterocycles. The van der Waals surface area contributed by atoms with E-state index in [1.165, 1.54) is 18.5 Å². The lowest BCUT2D eigenvalue weighted by molar-refractivity contribution is 0.0691. The molecule has 0 unspecified atom stereocenters. The zero-order chi connectivity index (χ0) is 25.0. The van der Waals surface area contributed by atoms with Crippen LogP contribution in [0.4, 0.5) is 0 Å². The first kappa shape index (κ1) is 23.6. The summed E-state index contributed by atoms with van der Waals surface area (Å²) in [7, 11) is 6.46. The van der Waals surface area contributed by atoms with Crippen LogP contribution < -0.4 is 5.56 Å². The molecule has 35 heavy (non-hydrogen) atoms. The number of rotatable bonds is 6. The maximum absolute atomic E-state index is 12.4. The summed E-state index contributed by atoms with van der Waals surface area (Å²) in [6.45, 7) is 5.04. The number of benzene rings is 1. The minimum absolute atomic E-state index is 0.391. The van der Waals surface area contributed by atoms with E-state index in [0.717, 1.165) is 47.9 Å². The number of carbonyl (C=O) groups is 1. The summed E-state index contributed by atoms with van der Waals surface area (Å²) in [5, 5.41) is 20.9. The van der Waals surface area contributed by atoms with Crippen LogP contribution in [0, 0.1) is 11.8 Å². The van der Waals surface area contributed by atoms with E-state index < -0.39 is 22.8 Å². The van der Waals surface area contributed by atoms with Gasteiger partial charge in [-0.1, -0.05) is 13.0 Å². The molecule has 2 aliphatic rings. The smallest absolute Gasteiger partial charge is 0.345 e. The number of aryl methyl sites for hydroxylation is 1. The Hall–Kier alpha value is -3.10. The zero-order valence-corrected chi connectivity index (χ0v) is 20.8. The van der Waals surface area contributed by atoms with Crippen molar-refractivity contribution in [2.24, 2.45) is 18.9 Å². The molecule has 1 saturated heterocycles. The summed E-state index contributed by atoms with van der Waals surface area (Å²) in [5.41, 5.74) is 2.58. The summed E-state index contributed by atoms with van der Waals surface area (Å²) in [4.78, 5) is 31.5. The molecule has 3 N–H and O–H groups in total. The average Bonchev–Trinajstić information content (AvgIpc) is 3.45. The molecular formula is C27H34N4O4. The fourth-order valence-electron chi connectivity index (χ4n) is 6.28. The SMILES string of the molecule is CCc1c(-c2ccc3c(c2)cc(CN2C[C@H]4C[C@H](N(C)C)C[C@H]4C2)n3C)[nH]c(=O)c(C(=O)O)c1O. The molecule has 0 radical (unpaired) electrons. The van der Waals surface area contributed by atoms with Crippen LogP contribution in [-0.4, -0.2) is 68.8 Å². The van der Waals surface area contributed by atoms with Crippen LogP contribution in [0.2, 0.25) is 0 Å². The van der Waals surface area contributed by atoms with Gasteiger partial charge in [0.05, 0.1) is 5.69 Å². The normalized spacial score (nSPS) is 22.4. The Morgan fingerprint density at radius 3 is 2.46 bits per heavy atom. The zero-order valence-electron chi connectivity index (χ0n) is 20.8. The van der Waals surface area contributed by atoms with Crippen LogP contribution in [0.3, 0.4) is 0 Å². The molecule has 0 amide bonds. The second kappa shape index (κ2) is 8.84. The fourth-order valence-corrected chi connectivity index (χ4v) is 6.28. The number of carboxylic acid groups (broad SMARTS) is 1. The third-order valence-corrected chi connectivity index (χ3v) is 8.21. The maximum atomic E-state index is 12.4. The lowest BCUT2D eigenvalue weighted by Crippen LogP contribution is -2.29. The Morgan fingerprint density at radius 1 is 1.17 bits per heavy atom. The Balaban J connectivity index is 1.42. The van der Waals surface area contributed by atoms with Gasteiger partial charge >= 0.3 is 5.97 Å². The van der Waals surface area contributed by atoms with Crippen LogP contribution in [0.25, 0.3) is 22.2 Å². The van der Waals surface area contributed by atoms with Crippen molar-refractivity contribution in [2.45, 2.75) is 38.8 Å². The Kier molecular flexibility index (Phi) is 5.97. The molecule has 0 spiro atoms. The molecule has 0 bridgehead atoms. The molecule has 186 valence electrons. The highest BCUT2D eigenvalue weighted by molar-refractivity contribution is 5.92. The van der Waals surface area contributed by atoms with E-state index in [2.05, 4.69) is 46.6 Å². The summed E-state index contributed by atoms with van der Waals surface area (Å²) in [6.07, 6.45) is 2.97. The van der Waals surface area contributed by atoms with E-state index in [0.29, 0.717) is 23.7 Å². The van der Waals surface area contributed by atoms with Gasteiger partial charge in [0.1, 0.15) is 5.75 Å². The van der Waals surface area contributed by atoms with Crippen LogP contribution in [0.5, 0.6) is 5.75 Å². The molecule has 2 fully saturated rings. The Bertz CT molecular complexity index is 1340. The number of hydrogen-bond acceptors (Lipinski definition) is 5. The summed E-state index contributed by atoms with van der Waals surface area (Å²) in [6, 6.07) is 8.85. The van der Waals surface area contributed by atoms with Gasteiger partial charge in [0.15, 0.2) is 5.56 Å². The molecule has 3 heterocycles. The number of fused-ring (bicyclic) bond motifs is 2. The Labute approximate surface area is 204 Å². The number of aromatic nitrogens is 2. The van der Waals surface area contributed by atoms with Gasteiger partial charge in [-0.25, -0.2) is 4.79 Å². The first-order valence-corrected chi connectivity index (χ1v) is 12.4. The third kappa shape index (κ3) is 4.04. The number of nitrogens with one attached hydrogen (secondary N) is 1. The second-order valence-electron chi connectivity index (χ2n) is 10.5. The monoisotopic (exact) mass is 478 g/mol. The van der Waals surface area contributed by atoms with Gasteiger partial charge in [0, 0.05) is 54.9 Å². The predicted octanol–water partition coefficient (Wildman–Crippen LogP) is 3.27. The van der Waals surface area contributed by atoms with E-state index in [1.807, 2.05) is 25.1 Å². The number of hydrogen-bond donors (Lipinski definition) is 3. The highest BCUT2D eigenvalue weighted by Gasteiger charge is 2.41. The van der Waals surface area contributed by atoms with Crippen molar-refractivity contribution in [3.05, 3.63) is 51.4 Å². The Morgan fingerprint density at radius 2 is 1.86 bits per heavy atom. The van der Waals surface area contributed by atoms with Crippen molar-refractivity contribution in [3.8, 4) is 17.0 Å². The van der Waals surface area contributed by atoms with E-state index in [4.69, 9.17) is 0 Å². The topological polar surface area (TPSA) is 102 Å². The van der Waals surface area contributed by atoms with Gasteiger partial charge in [-0.15, -0.1) is 0 Å². The maximum Gasteiger partial charge on any atom is 0.345 e. The number of carboxylic acids is 1. The van der Waals surface area contributed by atoms with Crippen molar-refractivity contribution in [2.75, 3.05) is 27.2 Å². The number of pyridine rings is 1. The van der Waals surface area contributed by atoms with Gasteiger partial charge in [-0.05, 0) is 69.0 Å². The molecule has 1 saturated carbocycles. The molecule has 1 aromatic carbocycles. The minimum atomic E-state index is -1.43. The van der Waals surface area contributed by atoms with Crippen LogP contribution >= 0.6 is 0 Å². The van der Waals surface area contributed by atoms with Crippen molar-refractivity contribution < 1.29 is 15.0 Å². The van der Waals surface area contributed by atoms with Gasteiger partial charge < -0.3 is 24.7 Å². The van der Waals surface area contributed by atoms with Crippen molar-refractivity contribution in [1.82, 2.24) is 19.4 Å². The summed E-state index contributed by atoms with van der Waals surface area (Å²) >= 11 is 0. The van der Waals surface area contributed by atoms with Crippen LogP contribution in [-0.2, 0) is 20.0 Å². The lowest BCUT2D eigenvalue weighted by Gasteiger charge is -2.23. The fraction of sp³-hybridized carbons (Fsp3) is 0.481. The lowest BCUT2D eigenvalue weighted by atomic mass is 9.99. The molecule has 1 aliphatic carbocycles. The first-order valence-electron chi connectivity index (χ1n) is 12.4. The van der Waals surface area contributed by atoms with Gasteiger partial charge in [0.2, 0.25) is 0 Å². The molecular weight excluding hydrogens is 444 g/mol. The van der Waals surface area contributed by atoms with Crippen LogP contribution in [0.1, 0.15) is 41.4 Å². The molecule has 5 rings (SSSR count). The summed E-state index contributed by atoms with van der Waals surface area (Å²) in [5.74, 6) is -0.316. The molecule has 8 heteroatoms. The first-order chi connectivity index (χ1) is 16.7. The summed E-state index contributed by atoms with van der Waals surface area (Å²) < 4.78 is 2.23. The second-order valence-corrected chi connectivity index (χ2v) is 10.5. The highest BCUT2D eigenvalue weighted by Crippen LogP contribution is 2.40. The molecule has 8 nitrogen and oxygen atoms in total. The van der Waals surface area contributed by atoms with Crippen molar-refractivity contribution in [3.63, 3.8) is 0 Å². The minimum Gasteiger partial charge on any atom is -0.506 e. The van der Waals surface area contributed by atoms with E-state index in [-0.39, 0.29) is 0 Å². The van der Waals surface area contributed by atoms with E-state index in [9.17, 15) is 19.8 Å². The third-order valence-electron chi connectivity index (χ3n) is 8.21. The van der Waals surface area contributed by atoms with Gasteiger partial charge in [-0.2, -0.15) is 0 Å². The molecule has 3 aromatic rings. The standard InChI is InChI=1S/C27H34N4O4/c1-5-21-24(28-26(33)23(25(21)32)27(34)35)15-6-7-22-16(8-15)9-20(30(22)4)14-31-12-17-10-19(29(2)3)11-18(17)13-31/h6-9,17-19H,5,10-14H2,1-4H3,(H,34,35)(H2,28,32,33)/t17-,18+,19+. The largest absolute Gasteiger partial charge is 0.506 e. The number of nitrogens with zero attached hydrogens (tertiary/aromatic N) is 3. The number of aromatic amines is 1. The average molecular weight is 479 g/mol. The molecule has 3 atom stereocenters. The van der Waals surface area contributed by atoms with Gasteiger partial charge in [0.25, 0.3) is 5.56 Å². The number of likely N-dealkylation sites (tertiary alicyclic amines) is 1. The van der Waals surface area contributed by atoms with E-state index in [1.54, 1.807) is 0 Å². The van der Waals surface area contributed by atoms with Gasteiger partial charge in [-0.3, -0.25) is 9.69 Å². The van der Waals surface area contributed by atoms with E-state index >= 15 is 0 Å². The highest BCUT2D eigenvalue weighted by atomic mass is 16.4. The van der Waals surface area contributed by atoms with Crippen molar-refractivity contribution >= 4 is 16.9 Å². The van der Waals surface area contributed by atoms with Crippen molar-refractivity contribution in [1.29, 1.82) is 0 Å². The molecule has 2 aromatic heterocycles. The number of H-pyrrole nitrogens is 1. The quantitative estimate of drug-likeness (QED) is 0.503.